The van der Waals surface area contributed by atoms with Crippen molar-refractivity contribution in [2.75, 3.05) is 0 Å². The van der Waals surface area contributed by atoms with E-state index in [9.17, 15) is 4.79 Å². The molecule has 0 radical (unpaired) electrons. The van der Waals surface area contributed by atoms with Crippen LogP contribution >= 0.6 is 11.6 Å². The number of nitrogens with one attached hydrogen (secondary N) is 1. The SMILES string of the molecule is CC(C)(C)c1ccc(-c2noc(CNC(=O)c3cccc(OCc4ccccc4Cl)c3)n2)cc1. The number of ether oxygens (including phenoxy) is 1. The number of halogens is 1. The first-order chi connectivity index (χ1) is 16.3. The lowest BCUT2D eigenvalue weighted by Crippen LogP contribution is -2.22. The molecule has 0 aliphatic rings. The summed E-state index contributed by atoms with van der Waals surface area (Å²) in [6.07, 6.45) is 0. The molecule has 0 aliphatic heterocycles. The summed E-state index contributed by atoms with van der Waals surface area (Å²) in [6, 6.07) is 22.5. The summed E-state index contributed by atoms with van der Waals surface area (Å²) in [5.74, 6) is 1.12. The molecular weight excluding hydrogens is 450 g/mol. The molecule has 1 amide bonds. The molecule has 0 bridgehead atoms. The molecule has 0 unspecified atom stereocenters. The largest absolute Gasteiger partial charge is 0.489 e. The Morgan fingerprint density at radius 3 is 2.53 bits per heavy atom. The summed E-state index contributed by atoms with van der Waals surface area (Å²) in [5.41, 5.74) is 3.50. The predicted octanol–water partition coefficient (Wildman–Crippen LogP) is 6.20. The maximum atomic E-state index is 12.6. The number of hydrogen-bond acceptors (Lipinski definition) is 5. The van der Waals surface area contributed by atoms with E-state index >= 15 is 0 Å². The number of aromatic nitrogens is 2. The Hall–Kier alpha value is -3.64. The topological polar surface area (TPSA) is 77.2 Å². The van der Waals surface area contributed by atoms with Gasteiger partial charge < -0.3 is 14.6 Å². The molecule has 0 spiro atoms. The van der Waals surface area contributed by atoms with Crippen molar-refractivity contribution in [2.45, 2.75) is 39.3 Å². The van der Waals surface area contributed by atoms with Crippen LogP contribution in [-0.2, 0) is 18.6 Å². The van der Waals surface area contributed by atoms with Crippen molar-refractivity contribution in [3.63, 3.8) is 0 Å². The quantitative estimate of drug-likeness (QED) is 0.344. The minimum absolute atomic E-state index is 0.0716. The van der Waals surface area contributed by atoms with Gasteiger partial charge >= 0.3 is 0 Å². The molecule has 0 saturated carbocycles. The molecule has 4 aromatic rings. The van der Waals surface area contributed by atoms with Crippen LogP contribution < -0.4 is 10.1 Å². The van der Waals surface area contributed by atoms with E-state index in [-0.39, 0.29) is 17.9 Å². The van der Waals surface area contributed by atoms with E-state index < -0.39 is 0 Å². The van der Waals surface area contributed by atoms with Gasteiger partial charge in [0.25, 0.3) is 5.91 Å². The molecule has 6 nitrogen and oxygen atoms in total. The van der Waals surface area contributed by atoms with Crippen LogP contribution in [0.2, 0.25) is 5.02 Å². The maximum Gasteiger partial charge on any atom is 0.251 e. The second kappa shape index (κ2) is 10.1. The highest BCUT2D eigenvalue weighted by atomic mass is 35.5. The third-order valence-electron chi connectivity index (χ3n) is 5.33. The van der Waals surface area contributed by atoms with Crippen LogP contribution in [0.25, 0.3) is 11.4 Å². The van der Waals surface area contributed by atoms with Gasteiger partial charge in [0.05, 0.1) is 6.54 Å². The van der Waals surface area contributed by atoms with Gasteiger partial charge in [-0.25, -0.2) is 0 Å². The fourth-order valence-corrected chi connectivity index (χ4v) is 3.52. The average Bonchev–Trinajstić information content (AvgIpc) is 3.31. The smallest absolute Gasteiger partial charge is 0.251 e. The van der Waals surface area contributed by atoms with E-state index in [1.807, 2.05) is 36.4 Å². The van der Waals surface area contributed by atoms with Gasteiger partial charge in [-0.15, -0.1) is 0 Å². The number of amides is 1. The number of nitrogens with zero attached hydrogens (tertiary/aromatic N) is 2. The number of rotatable bonds is 7. The van der Waals surface area contributed by atoms with E-state index in [0.717, 1.165) is 11.1 Å². The summed E-state index contributed by atoms with van der Waals surface area (Å²) in [4.78, 5) is 17.0. The van der Waals surface area contributed by atoms with Crippen molar-refractivity contribution in [3.8, 4) is 17.1 Å². The zero-order valence-electron chi connectivity index (χ0n) is 19.3. The number of carbonyl (C=O) groups excluding carboxylic acids is 1. The predicted molar refractivity (Wildman–Crippen MR) is 132 cm³/mol. The highest BCUT2D eigenvalue weighted by molar-refractivity contribution is 6.31. The lowest BCUT2D eigenvalue weighted by atomic mass is 9.87. The normalized spacial score (nSPS) is 11.3. The fraction of sp³-hybridized carbons (Fsp3) is 0.222. The van der Waals surface area contributed by atoms with Crippen LogP contribution in [0.15, 0.2) is 77.3 Å². The summed E-state index contributed by atoms with van der Waals surface area (Å²) < 4.78 is 11.1. The minimum atomic E-state index is -0.266. The van der Waals surface area contributed by atoms with Crippen molar-refractivity contribution in [1.82, 2.24) is 15.5 Å². The van der Waals surface area contributed by atoms with Crippen LogP contribution in [0, 0.1) is 0 Å². The summed E-state index contributed by atoms with van der Waals surface area (Å²) in [6.45, 7) is 6.93. The second-order valence-electron chi connectivity index (χ2n) is 8.93. The molecule has 1 heterocycles. The van der Waals surface area contributed by atoms with E-state index in [4.69, 9.17) is 20.9 Å². The zero-order chi connectivity index (χ0) is 24.1. The lowest BCUT2D eigenvalue weighted by molar-refractivity contribution is 0.0945. The average molecular weight is 476 g/mol. The standard InChI is InChI=1S/C27H26ClN3O3/c1-27(2,3)21-13-11-18(12-14-21)25-30-24(34-31-25)16-29-26(32)19-8-6-9-22(15-19)33-17-20-7-4-5-10-23(20)28/h4-15H,16-17H2,1-3H3,(H,29,32). The summed E-state index contributed by atoms with van der Waals surface area (Å²) in [5, 5.41) is 7.48. The highest BCUT2D eigenvalue weighted by Gasteiger charge is 2.15. The van der Waals surface area contributed by atoms with Gasteiger partial charge in [0.1, 0.15) is 12.4 Å². The van der Waals surface area contributed by atoms with Gasteiger partial charge in [0.15, 0.2) is 0 Å². The van der Waals surface area contributed by atoms with Crippen LogP contribution in [-0.4, -0.2) is 16.0 Å². The Kier molecular flexibility index (Phi) is 6.98. The molecule has 0 aliphatic carbocycles. The Bertz CT molecular complexity index is 1280. The first kappa shape index (κ1) is 23.5. The first-order valence-electron chi connectivity index (χ1n) is 11.0. The Balaban J connectivity index is 1.35. The van der Waals surface area contributed by atoms with E-state index in [1.165, 1.54) is 5.56 Å². The molecule has 3 aromatic carbocycles. The maximum absolute atomic E-state index is 12.6. The molecule has 1 N–H and O–H groups in total. The molecule has 0 fully saturated rings. The van der Waals surface area contributed by atoms with Gasteiger partial charge in [-0.1, -0.05) is 86.1 Å². The summed E-state index contributed by atoms with van der Waals surface area (Å²) >= 11 is 6.17. The van der Waals surface area contributed by atoms with Crippen molar-refractivity contribution in [3.05, 3.63) is 100 Å². The van der Waals surface area contributed by atoms with Crippen molar-refractivity contribution in [2.24, 2.45) is 0 Å². The molecule has 1 aromatic heterocycles. The van der Waals surface area contributed by atoms with Gasteiger partial charge in [-0.3, -0.25) is 4.79 Å². The monoisotopic (exact) mass is 475 g/mol. The van der Waals surface area contributed by atoms with Gasteiger partial charge in [-0.2, -0.15) is 4.98 Å². The van der Waals surface area contributed by atoms with E-state index in [2.05, 4.69) is 48.4 Å². The molecule has 0 atom stereocenters. The first-order valence-corrected chi connectivity index (χ1v) is 11.4. The van der Waals surface area contributed by atoms with Gasteiger partial charge in [-0.05, 0) is 35.2 Å². The Labute approximate surface area is 203 Å². The molecule has 34 heavy (non-hydrogen) atoms. The highest BCUT2D eigenvalue weighted by Crippen LogP contribution is 2.25. The van der Waals surface area contributed by atoms with Crippen LogP contribution in [0.5, 0.6) is 5.75 Å². The van der Waals surface area contributed by atoms with E-state index in [1.54, 1.807) is 24.3 Å². The molecule has 0 saturated heterocycles. The van der Waals surface area contributed by atoms with Crippen molar-refractivity contribution >= 4 is 17.5 Å². The zero-order valence-corrected chi connectivity index (χ0v) is 20.1. The molecule has 7 heteroatoms. The van der Waals surface area contributed by atoms with E-state index in [0.29, 0.717) is 34.7 Å². The Morgan fingerprint density at radius 2 is 1.79 bits per heavy atom. The molecular formula is C27H26ClN3O3. The summed E-state index contributed by atoms with van der Waals surface area (Å²) in [7, 11) is 0. The van der Waals surface area contributed by atoms with Crippen LogP contribution in [0.4, 0.5) is 0 Å². The fourth-order valence-electron chi connectivity index (χ4n) is 3.32. The minimum Gasteiger partial charge on any atom is -0.489 e. The third-order valence-corrected chi connectivity index (χ3v) is 5.69. The third kappa shape index (κ3) is 5.83. The Morgan fingerprint density at radius 1 is 1.03 bits per heavy atom. The molecule has 174 valence electrons. The van der Waals surface area contributed by atoms with Crippen LogP contribution in [0.1, 0.15) is 48.1 Å². The molecule has 4 rings (SSSR count). The van der Waals surface area contributed by atoms with Gasteiger partial charge in [0.2, 0.25) is 11.7 Å². The number of benzene rings is 3. The van der Waals surface area contributed by atoms with Crippen LogP contribution in [0.3, 0.4) is 0 Å². The van der Waals surface area contributed by atoms with Crippen molar-refractivity contribution < 1.29 is 14.1 Å². The second-order valence-corrected chi connectivity index (χ2v) is 9.34. The number of hydrogen-bond donors (Lipinski definition) is 1. The number of carbonyl (C=O) groups is 1. The van der Waals surface area contributed by atoms with Gasteiger partial charge in [0, 0.05) is 21.7 Å². The van der Waals surface area contributed by atoms with Crippen molar-refractivity contribution in [1.29, 1.82) is 0 Å². The lowest BCUT2D eigenvalue weighted by Gasteiger charge is -2.18.